The van der Waals surface area contributed by atoms with Crippen LogP contribution in [0.2, 0.25) is 0 Å². The third kappa shape index (κ3) is 9.37. The molecule has 0 amide bonds. The summed E-state index contributed by atoms with van der Waals surface area (Å²) in [6, 6.07) is -1.26. The van der Waals surface area contributed by atoms with Gasteiger partial charge >= 0.3 is 11.9 Å². The van der Waals surface area contributed by atoms with Gasteiger partial charge in [-0.05, 0) is 64.7 Å². The summed E-state index contributed by atoms with van der Waals surface area (Å²) in [5.74, 6) is -0.612. The highest BCUT2D eigenvalue weighted by atomic mass is 16.5. The Kier molecular flexibility index (Phi) is 16.1. The summed E-state index contributed by atoms with van der Waals surface area (Å²) in [5.41, 5.74) is 0. The van der Waals surface area contributed by atoms with E-state index >= 15 is 0 Å². The molecule has 0 aliphatic carbocycles. The van der Waals surface area contributed by atoms with Gasteiger partial charge in [-0.15, -0.1) is 0 Å². The van der Waals surface area contributed by atoms with Gasteiger partial charge in [0.15, 0.2) is 0 Å². The Hall–Kier alpha value is -1.14. The molecule has 0 rings (SSSR count). The molecule has 0 saturated carbocycles. The van der Waals surface area contributed by atoms with Crippen molar-refractivity contribution in [3.63, 3.8) is 0 Å². The van der Waals surface area contributed by atoms with E-state index < -0.39 is 12.1 Å². The molecule has 0 aromatic rings. The number of carbonyl (C=O) groups excluding carboxylic acids is 2. The number of nitrogens with zero attached hydrogens (tertiary/aromatic N) is 2. The normalized spacial score (nSPS) is 13.6. The van der Waals surface area contributed by atoms with Crippen molar-refractivity contribution in [2.24, 2.45) is 0 Å². The number of ether oxygens (including phenoxy) is 2. The lowest BCUT2D eigenvalue weighted by Crippen LogP contribution is -2.60. The summed E-state index contributed by atoms with van der Waals surface area (Å²) in [4.78, 5) is 30.5. The van der Waals surface area contributed by atoms with Crippen molar-refractivity contribution in [2.45, 2.75) is 92.2 Å². The average molecular weight is 401 g/mol. The van der Waals surface area contributed by atoms with Crippen LogP contribution in [-0.4, -0.2) is 73.2 Å². The molecule has 2 unspecified atom stereocenters. The molecule has 0 aliphatic heterocycles. The van der Waals surface area contributed by atoms with E-state index in [9.17, 15) is 9.59 Å². The van der Waals surface area contributed by atoms with Gasteiger partial charge in [0.25, 0.3) is 0 Å². The minimum atomic E-state index is -0.631. The van der Waals surface area contributed by atoms with E-state index in [1.54, 1.807) is 0 Å². The van der Waals surface area contributed by atoms with Gasteiger partial charge in [-0.2, -0.15) is 0 Å². The van der Waals surface area contributed by atoms with Crippen LogP contribution in [-0.2, 0) is 19.1 Å². The number of esters is 2. The Labute approximate surface area is 172 Å². The van der Waals surface area contributed by atoms with Gasteiger partial charge in [0.05, 0.1) is 13.2 Å². The molecule has 0 aliphatic rings. The van der Waals surface area contributed by atoms with Crippen molar-refractivity contribution < 1.29 is 19.1 Å². The molecule has 6 heteroatoms. The first-order valence-electron chi connectivity index (χ1n) is 11.3. The second-order valence-corrected chi connectivity index (χ2v) is 7.30. The highest BCUT2D eigenvalue weighted by Crippen LogP contribution is 2.18. The van der Waals surface area contributed by atoms with Crippen molar-refractivity contribution in [2.75, 3.05) is 39.4 Å². The topological polar surface area (TPSA) is 59.1 Å². The van der Waals surface area contributed by atoms with Gasteiger partial charge in [0, 0.05) is 0 Å². The largest absolute Gasteiger partial charge is 0.464 e. The molecule has 0 saturated heterocycles. The summed E-state index contributed by atoms with van der Waals surface area (Å²) in [6.07, 6.45) is 5.18. The Balaban J connectivity index is 6.03. The maximum Gasteiger partial charge on any atom is 0.325 e. The van der Waals surface area contributed by atoms with Crippen molar-refractivity contribution >= 4 is 11.9 Å². The van der Waals surface area contributed by atoms with Crippen LogP contribution >= 0.6 is 0 Å². The van der Waals surface area contributed by atoms with Gasteiger partial charge in [-0.25, -0.2) is 0 Å². The maximum absolute atomic E-state index is 13.1. The van der Waals surface area contributed by atoms with Gasteiger partial charge in [0.2, 0.25) is 0 Å². The Morgan fingerprint density at radius 3 is 1.07 bits per heavy atom. The smallest absolute Gasteiger partial charge is 0.325 e. The standard InChI is InChI=1S/C22H44N2O4/c1-7-13-23(14-8-2)19(21(25)27-17-11-5)20(22(26)28-18-12-6)24(15-9-3)16-10-4/h19-20H,7-18H2,1-6H3. The summed E-state index contributed by atoms with van der Waals surface area (Å²) >= 11 is 0. The van der Waals surface area contributed by atoms with Gasteiger partial charge in [-0.3, -0.25) is 19.4 Å². The van der Waals surface area contributed by atoms with E-state index in [1.807, 2.05) is 13.8 Å². The molecule has 0 heterocycles. The Bertz CT molecular complexity index is 367. The number of hydrogen-bond acceptors (Lipinski definition) is 6. The van der Waals surface area contributed by atoms with Gasteiger partial charge in [-0.1, -0.05) is 41.5 Å². The van der Waals surface area contributed by atoms with Crippen LogP contribution in [0.1, 0.15) is 80.1 Å². The second kappa shape index (κ2) is 16.8. The lowest BCUT2D eigenvalue weighted by molar-refractivity contribution is -0.164. The minimum absolute atomic E-state index is 0.306. The summed E-state index contributed by atoms with van der Waals surface area (Å²) in [6.45, 7) is 16.1. The van der Waals surface area contributed by atoms with Crippen molar-refractivity contribution in [3.05, 3.63) is 0 Å². The third-order valence-corrected chi connectivity index (χ3v) is 4.51. The zero-order valence-electron chi connectivity index (χ0n) is 19.2. The minimum Gasteiger partial charge on any atom is -0.464 e. The highest BCUT2D eigenvalue weighted by molar-refractivity contribution is 5.87. The molecule has 0 aromatic heterocycles. The molecule has 0 spiro atoms. The molecule has 2 atom stereocenters. The van der Waals surface area contributed by atoms with Crippen molar-refractivity contribution in [1.29, 1.82) is 0 Å². The lowest BCUT2D eigenvalue weighted by Gasteiger charge is -2.39. The van der Waals surface area contributed by atoms with Crippen LogP contribution in [0.3, 0.4) is 0 Å². The van der Waals surface area contributed by atoms with Crippen molar-refractivity contribution in [1.82, 2.24) is 9.80 Å². The predicted octanol–water partition coefficient (Wildman–Crippen LogP) is 3.87. The van der Waals surface area contributed by atoms with Crippen LogP contribution in [0.5, 0.6) is 0 Å². The Morgan fingerprint density at radius 1 is 0.571 bits per heavy atom. The molecule has 0 N–H and O–H groups in total. The lowest BCUT2D eigenvalue weighted by atomic mass is 10.0. The first kappa shape index (κ1) is 26.9. The van der Waals surface area contributed by atoms with Gasteiger partial charge < -0.3 is 9.47 Å². The molecule has 6 nitrogen and oxygen atoms in total. The van der Waals surface area contributed by atoms with Crippen LogP contribution in [0.15, 0.2) is 0 Å². The fraction of sp³-hybridized carbons (Fsp3) is 0.909. The summed E-state index contributed by atoms with van der Waals surface area (Å²) < 4.78 is 11.1. The molecule has 0 aromatic carbocycles. The van der Waals surface area contributed by atoms with E-state index in [1.165, 1.54) is 0 Å². The quantitative estimate of drug-likeness (QED) is 0.345. The summed E-state index contributed by atoms with van der Waals surface area (Å²) in [7, 11) is 0. The van der Waals surface area contributed by atoms with E-state index in [4.69, 9.17) is 9.47 Å². The Morgan fingerprint density at radius 2 is 0.857 bits per heavy atom. The fourth-order valence-corrected chi connectivity index (χ4v) is 3.46. The highest BCUT2D eigenvalue weighted by Gasteiger charge is 2.43. The van der Waals surface area contributed by atoms with Crippen LogP contribution < -0.4 is 0 Å². The maximum atomic E-state index is 13.1. The predicted molar refractivity (Wildman–Crippen MR) is 114 cm³/mol. The molecule has 0 bridgehead atoms. The second-order valence-electron chi connectivity index (χ2n) is 7.30. The molecule has 0 radical (unpaired) electrons. The summed E-state index contributed by atoms with van der Waals surface area (Å²) in [5, 5.41) is 0. The van der Waals surface area contributed by atoms with Gasteiger partial charge in [0.1, 0.15) is 12.1 Å². The average Bonchev–Trinajstić information content (AvgIpc) is 2.68. The van der Waals surface area contributed by atoms with E-state index in [0.717, 1.165) is 64.7 Å². The number of rotatable bonds is 17. The zero-order chi connectivity index (χ0) is 21.4. The van der Waals surface area contributed by atoms with E-state index in [2.05, 4.69) is 37.5 Å². The first-order valence-corrected chi connectivity index (χ1v) is 11.3. The van der Waals surface area contributed by atoms with E-state index in [-0.39, 0.29) is 11.9 Å². The number of hydrogen-bond donors (Lipinski definition) is 0. The number of carbonyl (C=O) groups is 2. The molecule has 28 heavy (non-hydrogen) atoms. The van der Waals surface area contributed by atoms with Crippen LogP contribution in [0.25, 0.3) is 0 Å². The third-order valence-electron chi connectivity index (χ3n) is 4.51. The first-order chi connectivity index (χ1) is 13.5. The molecule has 0 fully saturated rings. The molecular weight excluding hydrogens is 356 g/mol. The van der Waals surface area contributed by atoms with Crippen LogP contribution in [0.4, 0.5) is 0 Å². The van der Waals surface area contributed by atoms with Crippen LogP contribution in [0, 0.1) is 0 Å². The SMILES string of the molecule is CCCOC(=O)C(C(C(=O)OCCC)N(CCC)CCC)N(CCC)CCC. The van der Waals surface area contributed by atoms with E-state index in [0.29, 0.717) is 13.2 Å². The molecule has 166 valence electrons. The zero-order valence-corrected chi connectivity index (χ0v) is 19.2. The fourth-order valence-electron chi connectivity index (χ4n) is 3.46. The monoisotopic (exact) mass is 400 g/mol. The van der Waals surface area contributed by atoms with Crippen molar-refractivity contribution in [3.8, 4) is 0 Å². The molecular formula is C22H44N2O4.